The Bertz CT molecular complexity index is 1210. The second kappa shape index (κ2) is 18.6. The van der Waals surface area contributed by atoms with Crippen molar-refractivity contribution in [2.24, 2.45) is 11.7 Å². The van der Waals surface area contributed by atoms with E-state index in [9.17, 15) is 49.2 Å². The fourth-order valence-electron chi connectivity index (χ4n) is 4.09. The average molecular weight is 655 g/mol. The molecule has 0 saturated heterocycles. The van der Waals surface area contributed by atoms with Gasteiger partial charge in [-0.2, -0.15) is 0 Å². The highest BCUT2D eigenvalue weighted by Gasteiger charge is 2.35. The molecule has 1 aromatic rings. The Morgan fingerprint density at radius 3 is 1.63 bits per heavy atom. The molecule has 46 heavy (non-hydrogen) atoms. The van der Waals surface area contributed by atoms with Gasteiger partial charge in [-0.1, -0.05) is 32.4 Å². The molecule has 12 N–H and O–H groups in total. The SMILES string of the molecule is CC[C@H](C)[C@H](NC(=O)[C@@H](NC(=O)[C@H](C)NC(=O)[C@@H](NC(=O)[C@@H](N)Cc1ccc(O)cc1)[C@@H](C)O)[C@@H](C)O)C(=O)N[C@@H](CO)C(=O)O. The summed E-state index contributed by atoms with van der Waals surface area (Å²) in [5.41, 5.74) is 6.58. The number of benzene rings is 1. The Kier molecular flexibility index (Phi) is 16.1. The van der Waals surface area contributed by atoms with Crippen LogP contribution >= 0.6 is 0 Å². The van der Waals surface area contributed by atoms with Crippen LogP contribution in [0.25, 0.3) is 0 Å². The Labute approximate surface area is 266 Å². The summed E-state index contributed by atoms with van der Waals surface area (Å²) in [6, 6.07) is -2.57. The maximum Gasteiger partial charge on any atom is 0.328 e. The topological polar surface area (TPSA) is 290 Å². The highest BCUT2D eigenvalue weighted by Crippen LogP contribution is 2.12. The predicted molar refractivity (Wildman–Crippen MR) is 163 cm³/mol. The van der Waals surface area contributed by atoms with Crippen LogP contribution in [0.15, 0.2) is 24.3 Å². The van der Waals surface area contributed by atoms with Crippen molar-refractivity contribution in [3.63, 3.8) is 0 Å². The van der Waals surface area contributed by atoms with E-state index >= 15 is 0 Å². The average Bonchev–Trinajstić information content (AvgIpc) is 2.99. The predicted octanol–water partition coefficient (Wildman–Crippen LogP) is -3.41. The van der Waals surface area contributed by atoms with Crippen molar-refractivity contribution in [1.29, 1.82) is 0 Å². The van der Waals surface area contributed by atoms with Gasteiger partial charge in [0.05, 0.1) is 24.9 Å². The smallest absolute Gasteiger partial charge is 0.328 e. The summed E-state index contributed by atoms with van der Waals surface area (Å²) in [6.07, 6.45) is -2.47. The van der Waals surface area contributed by atoms with Crippen LogP contribution in [-0.2, 0) is 35.2 Å². The van der Waals surface area contributed by atoms with Gasteiger partial charge < -0.3 is 57.9 Å². The van der Waals surface area contributed by atoms with Crippen molar-refractivity contribution in [2.45, 2.75) is 95.9 Å². The molecule has 9 atom stereocenters. The minimum Gasteiger partial charge on any atom is -0.508 e. The normalized spacial score (nSPS) is 17.0. The number of aliphatic carboxylic acids is 1. The van der Waals surface area contributed by atoms with E-state index in [0.717, 1.165) is 0 Å². The van der Waals surface area contributed by atoms with Gasteiger partial charge in [0.15, 0.2) is 0 Å². The largest absolute Gasteiger partial charge is 0.508 e. The maximum absolute atomic E-state index is 13.1. The van der Waals surface area contributed by atoms with Gasteiger partial charge in [-0.25, -0.2) is 4.79 Å². The second-order valence-electron chi connectivity index (χ2n) is 11.1. The fourth-order valence-corrected chi connectivity index (χ4v) is 4.09. The molecular weight excluding hydrogens is 608 g/mol. The molecule has 0 unspecified atom stereocenters. The van der Waals surface area contributed by atoms with Gasteiger partial charge in [0.25, 0.3) is 0 Å². The number of aromatic hydroxyl groups is 1. The van der Waals surface area contributed by atoms with Crippen LogP contribution in [-0.4, -0.2) is 116 Å². The van der Waals surface area contributed by atoms with Crippen molar-refractivity contribution in [3.8, 4) is 5.75 Å². The number of phenolic OH excluding ortho intramolecular Hbond substituents is 1. The fraction of sp³-hybridized carbons (Fsp3) is 0.586. The number of hydrogen-bond donors (Lipinski definition) is 11. The number of carboxylic acids is 1. The molecule has 0 saturated carbocycles. The third-order valence-corrected chi connectivity index (χ3v) is 7.20. The number of amides is 5. The number of aliphatic hydroxyl groups is 3. The first kappa shape index (κ1) is 39.7. The lowest BCUT2D eigenvalue weighted by atomic mass is 9.97. The van der Waals surface area contributed by atoms with Crippen LogP contribution in [0.4, 0.5) is 0 Å². The molecule has 0 aromatic heterocycles. The molecule has 258 valence electrons. The standard InChI is InChI=1S/C29H46N6O11/c1-6-13(2)21(26(42)32-20(12-36)29(45)46)33-28(44)23(16(5)38)34-24(40)14(3)31-27(43)22(15(4)37)35-25(41)19(30)11-17-7-9-18(39)10-8-17/h7-10,13-16,19-23,36-39H,6,11-12,30H2,1-5H3,(H,31,43)(H,32,42)(H,33,44)(H,34,40)(H,35,41)(H,45,46)/t13-,14-,15+,16+,19-,20-,21-,22-,23-/m0/s1. The van der Waals surface area contributed by atoms with Crippen molar-refractivity contribution >= 4 is 35.5 Å². The summed E-state index contributed by atoms with van der Waals surface area (Å²) in [6.45, 7) is 6.09. The molecule has 0 heterocycles. The number of aliphatic hydroxyl groups excluding tert-OH is 3. The van der Waals surface area contributed by atoms with E-state index in [1.54, 1.807) is 26.0 Å². The summed E-state index contributed by atoms with van der Waals surface area (Å²) in [5, 5.41) is 59.6. The lowest BCUT2D eigenvalue weighted by Crippen LogP contribution is -2.62. The van der Waals surface area contributed by atoms with Gasteiger partial charge in [-0.15, -0.1) is 0 Å². The molecule has 0 fully saturated rings. The quantitative estimate of drug-likeness (QED) is 0.0738. The van der Waals surface area contributed by atoms with E-state index in [1.165, 1.54) is 32.9 Å². The number of carbonyl (C=O) groups is 6. The second-order valence-corrected chi connectivity index (χ2v) is 11.1. The van der Waals surface area contributed by atoms with Gasteiger partial charge in [0.2, 0.25) is 29.5 Å². The van der Waals surface area contributed by atoms with Crippen molar-refractivity contribution in [3.05, 3.63) is 29.8 Å². The Balaban J connectivity index is 2.93. The van der Waals surface area contributed by atoms with E-state index in [0.29, 0.717) is 12.0 Å². The summed E-state index contributed by atoms with van der Waals surface area (Å²) < 4.78 is 0. The van der Waals surface area contributed by atoms with Crippen molar-refractivity contribution in [1.82, 2.24) is 26.6 Å². The molecule has 0 radical (unpaired) electrons. The molecule has 17 heteroatoms. The number of hydrogen-bond acceptors (Lipinski definition) is 11. The zero-order valence-electron chi connectivity index (χ0n) is 26.4. The third-order valence-electron chi connectivity index (χ3n) is 7.20. The van der Waals surface area contributed by atoms with Crippen LogP contribution in [0.5, 0.6) is 5.75 Å². The Hall–Kier alpha value is -4.32. The number of rotatable bonds is 18. The van der Waals surface area contributed by atoms with Gasteiger partial charge in [-0.3, -0.25) is 24.0 Å². The molecule has 0 aliphatic carbocycles. The van der Waals surface area contributed by atoms with Gasteiger partial charge >= 0.3 is 5.97 Å². The van der Waals surface area contributed by atoms with E-state index < -0.39 is 96.5 Å². The first-order chi connectivity index (χ1) is 21.4. The van der Waals surface area contributed by atoms with Crippen LogP contribution in [0.2, 0.25) is 0 Å². The number of nitrogens with two attached hydrogens (primary N) is 1. The monoisotopic (exact) mass is 654 g/mol. The Morgan fingerprint density at radius 1 is 0.717 bits per heavy atom. The minimum atomic E-state index is -1.63. The molecule has 17 nitrogen and oxygen atoms in total. The Morgan fingerprint density at radius 2 is 1.17 bits per heavy atom. The number of carbonyl (C=O) groups excluding carboxylic acids is 5. The van der Waals surface area contributed by atoms with Gasteiger partial charge in [-0.05, 0) is 50.8 Å². The highest BCUT2D eigenvalue weighted by molar-refractivity contribution is 5.96. The molecule has 0 bridgehead atoms. The third kappa shape index (κ3) is 12.2. The first-order valence-corrected chi connectivity index (χ1v) is 14.7. The van der Waals surface area contributed by atoms with Gasteiger partial charge in [0, 0.05) is 0 Å². The summed E-state index contributed by atoms with van der Waals surface area (Å²) in [4.78, 5) is 75.6. The molecule has 1 rings (SSSR count). The first-order valence-electron chi connectivity index (χ1n) is 14.7. The number of carboxylic acid groups (broad SMARTS) is 1. The number of nitrogens with one attached hydrogen (secondary N) is 5. The van der Waals surface area contributed by atoms with E-state index in [4.69, 9.17) is 10.8 Å². The highest BCUT2D eigenvalue weighted by atomic mass is 16.4. The van der Waals surface area contributed by atoms with Crippen LogP contribution in [0.1, 0.15) is 46.6 Å². The minimum absolute atomic E-state index is 0.0266. The lowest BCUT2D eigenvalue weighted by Gasteiger charge is -2.29. The molecule has 1 aromatic carbocycles. The van der Waals surface area contributed by atoms with Gasteiger partial charge in [0.1, 0.15) is 36.0 Å². The zero-order chi connectivity index (χ0) is 35.3. The zero-order valence-corrected chi connectivity index (χ0v) is 26.4. The molecular formula is C29H46N6O11. The van der Waals surface area contributed by atoms with E-state index in [1.807, 2.05) is 0 Å². The summed E-state index contributed by atoms with van der Waals surface area (Å²) in [5.74, 6) is -6.56. The number of phenols is 1. The maximum atomic E-state index is 13.1. The van der Waals surface area contributed by atoms with Crippen molar-refractivity contribution in [2.75, 3.05) is 6.61 Å². The van der Waals surface area contributed by atoms with E-state index in [2.05, 4.69) is 26.6 Å². The van der Waals surface area contributed by atoms with Crippen LogP contribution in [0, 0.1) is 5.92 Å². The molecule has 5 amide bonds. The van der Waals surface area contributed by atoms with Crippen LogP contribution < -0.4 is 32.3 Å². The van der Waals surface area contributed by atoms with Crippen LogP contribution in [0.3, 0.4) is 0 Å². The lowest BCUT2D eigenvalue weighted by molar-refractivity contribution is -0.143. The van der Waals surface area contributed by atoms with E-state index in [-0.39, 0.29) is 12.2 Å². The molecule has 0 spiro atoms. The van der Waals surface area contributed by atoms with Crippen molar-refractivity contribution < 1.29 is 54.3 Å². The molecule has 0 aliphatic heterocycles. The summed E-state index contributed by atoms with van der Waals surface area (Å²) >= 11 is 0. The summed E-state index contributed by atoms with van der Waals surface area (Å²) in [7, 11) is 0. The molecule has 0 aliphatic rings.